The lowest BCUT2D eigenvalue weighted by atomic mass is 10.1. The van der Waals surface area contributed by atoms with Gasteiger partial charge in [0.1, 0.15) is 5.84 Å². The van der Waals surface area contributed by atoms with Gasteiger partial charge in [-0.25, -0.2) is 4.79 Å². The Morgan fingerprint density at radius 2 is 1.67 bits per heavy atom. The van der Waals surface area contributed by atoms with E-state index in [1.165, 1.54) is 11.9 Å². The van der Waals surface area contributed by atoms with Gasteiger partial charge in [0.2, 0.25) is 0 Å². The fourth-order valence-corrected chi connectivity index (χ4v) is 3.05. The molecule has 0 atom stereocenters. The lowest BCUT2D eigenvalue weighted by molar-refractivity contribution is 0.0696. The van der Waals surface area contributed by atoms with E-state index in [-0.39, 0.29) is 5.56 Å². The number of nitrogens with zero attached hydrogens (tertiary/aromatic N) is 2. The quantitative estimate of drug-likeness (QED) is 0.454. The Labute approximate surface area is 151 Å². The molecule has 0 saturated carbocycles. The maximum atomic E-state index is 11.5. The van der Waals surface area contributed by atoms with E-state index in [9.17, 15) is 9.90 Å². The molecule has 0 unspecified atom stereocenters. The van der Waals surface area contributed by atoms with Crippen LogP contribution in [0.5, 0.6) is 0 Å². The molecule has 4 nitrogen and oxygen atoms in total. The van der Waals surface area contributed by atoms with Crippen LogP contribution < -0.4 is 0 Å². The number of hydrogen-bond donors (Lipinski definition) is 1. The van der Waals surface area contributed by atoms with E-state index in [0.717, 1.165) is 18.0 Å². The number of halogens is 1. The lowest BCUT2D eigenvalue weighted by Crippen LogP contribution is -2.32. The van der Waals surface area contributed by atoms with E-state index in [4.69, 9.17) is 11.6 Å². The van der Waals surface area contributed by atoms with Gasteiger partial charge in [-0.05, 0) is 44.2 Å². The lowest BCUT2D eigenvalue weighted by Gasteiger charge is -2.24. The van der Waals surface area contributed by atoms with E-state index in [1.807, 2.05) is 49.1 Å². The molecule has 0 fully saturated rings. The van der Waals surface area contributed by atoms with Gasteiger partial charge in [0.25, 0.3) is 0 Å². The first-order valence-electron chi connectivity index (χ1n) is 7.65. The summed E-state index contributed by atoms with van der Waals surface area (Å²) in [6, 6.07) is 14.3. The first-order valence-corrected chi connectivity index (χ1v) is 8.80. The van der Waals surface area contributed by atoms with Gasteiger partial charge in [0.05, 0.1) is 5.56 Å². The molecule has 0 heterocycles. The van der Waals surface area contributed by atoms with Crippen molar-refractivity contribution in [3.63, 3.8) is 0 Å². The molecule has 0 aliphatic heterocycles. The molecule has 2 rings (SSSR count). The van der Waals surface area contributed by atoms with Gasteiger partial charge in [-0.15, -0.1) is 0 Å². The topological polar surface area (TPSA) is 52.9 Å². The molecule has 6 heteroatoms. The first-order chi connectivity index (χ1) is 11.6. The molecular formula is C18H19ClN2O2S. The number of hydrogen-bond acceptors (Lipinski definition) is 3. The number of carboxylic acids is 1. The van der Waals surface area contributed by atoms with E-state index < -0.39 is 5.97 Å². The van der Waals surface area contributed by atoms with Gasteiger partial charge in [0.15, 0.2) is 0 Å². The molecule has 0 amide bonds. The zero-order valence-electron chi connectivity index (χ0n) is 13.6. The number of aromatic carboxylic acids is 1. The van der Waals surface area contributed by atoms with Gasteiger partial charge >= 0.3 is 5.97 Å². The van der Waals surface area contributed by atoms with E-state index in [1.54, 1.807) is 18.2 Å². The van der Waals surface area contributed by atoms with Gasteiger partial charge in [-0.3, -0.25) is 0 Å². The summed E-state index contributed by atoms with van der Waals surface area (Å²) in [5, 5.41) is 10.1. The summed E-state index contributed by atoms with van der Waals surface area (Å²) >= 11 is 7.21. The number of benzene rings is 2. The molecule has 24 heavy (non-hydrogen) atoms. The fraction of sp³-hybridized carbons (Fsp3) is 0.222. The molecule has 1 N–H and O–H groups in total. The van der Waals surface area contributed by atoms with Crippen LogP contribution >= 0.6 is 23.5 Å². The highest BCUT2D eigenvalue weighted by Crippen LogP contribution is 2.24. The number of amidine groups is 1. The Hall–Kier alpha value is -1.98. The summed E-state index contributed by atoms with van der Waals surface area (Å²) in [7, 11) is 0. The Morgan fingerprint density at radius 1 is 1.08 bits per heavy atom. The number of carbonyl (C=O) groups is 1. The molecule has 0 aliphatic rings. The van der Waals surface area contributed by atoms with Crippen LogP contribution in [0, 0.1) is 0 Å². The minimum Gasteiger partial charge on any atom is -0.478 e. The Balaban J connectivity index is 2.43. The average molecular weight is 363 g/mol. The molecule has 0 saturated heterocycles. The molecule has 2 aromatic carbocycles. The van der Waals surface area contributed by atoms with Gasteiger partial charge < -0.3 is 10.0 Å². The summed E-state index contributed by atoms with van der Waals surface area (Å²) in [6.07, 6.45) is 0. The largest absolute Gasteiger partial charge is 0.478 e. The van der Waals surface area contributed by atoms with Gasteiger partial charge in [0, 0.05) is 40.5 Å². The molecule has 0 aromatic heterocycles. The maximum absolute atomic E-state index is 11.5. The van der Waals surface area contributed by atoms with Crippen molar-refractivity contribution in [3.8, 4) is 0 Å². The fourth-order valence-electron chi connectivity index (χ4n) is 2.26. The average Bonchev–Trinajstić information content (AvgIpc) is 2.60. The predicted molar refractivity (Wildman–Crippen MR) is 100 cm³/mol. The van der Waals surface area contributed by atoms with E-state index in [2.05, 4.69) is 4.40 Å². The molecule has 126 valence electrons. The second-order valence-corrected chi connectivity index (χ2v) is 6.26. The Bertz CT molecular complexity index is 728. The molecule has 2 aromatic rings. The zero-order valence-corrected chi connectivity index (χ0v) is 15.1. The van der Waals surface area contributed by atoms with Crippen LogP contribution in [0.25, 0.3) is 0 Å². The summed E-state index contributed by atoms with van der Waals surface area (Å²) in [6.45, 7) is 5.53. The van der Waals surface area contributed by atoms with Crippen molar-refractivity contribution >= 4 is 35.4 Å². The van der Waals surface area contributed by atoms with Crippen molar-refractivity contribution in [3.05, 3.63) is 64.7 Å². The molecule has 0 spiro atoms. The third-order valence-corrected chi connectivity index (χ3v) is 4.51. The highest BCUT2D eigenvalue weighted by atomic mass is 35.5. The highest BCUT2D eigenvalue weighted by molar-refractivity contribution is 7.98. The second kappa shape index (κ2) is 8.76. The van der Waals surface area contributed by atoms with Crippen molar-refractivity contribution in [2.24, 2.45) is 4.40 Å². The van der Waals surface area contributed by atoms with Gasteiger partial charge in [-0.1, -0.05) is 29.8 Å². The first kappa shape index (κ1) is 18.4. The molecule has 0 bridgehead atoms. The van der Waals surface area contributed by atoms with Gasteiger partial charge in [-0.2, -0.15) is 4.40 Å². The summed E-state index contributed by atoms with van der Waals surface area (Å²) in [5.41, 5.74) is 0.870. The summed E-state index contributed by atoms with van der Waals surface area (Å²) in [5.74, 6) is -0.292. The maximum Gasteiger partial charge on any atom is 0.336 e. The number of rotatable bonds is 6. The summed E-state index contributed by atoms with van der Waals surface area (Å²) in [4.78, 5) is 14.5. The van der Waals surface area contributed by atoms with Crippen LogP contribution in [-0.4, -0.2) is 34.9 Å². The molecular weight excluding hydrogens is 344 g/mol. The molecule has 0 aliphatic carbocycles. The Morgan fingerprint density at radius 3 is 2.21 bits per heavy atom. The van der Waals surface area contributed by atoms with E-state index in [0.29, 0.717) is 16.4 Å². The number of carboxylic acid groups (broad SMARTS) is 1. The van der Waals surface area contributed by atoms with Crippen molar-refractivity contribution in [2.45, 2.75) is 18.7 Å². The monoisotopic (exact) mass is 362 g/mol. The standard InChI is InChI=1S/C18H19ClN2O2S/c1-3-21(4-2)17(15-7-5-6-8-16(15)18(22)23)20-24-14-11-9-13(19)10-12-14/h5-12H,3-4H2,1-2H3,(H,22,23)/b20-17+. The van der Waals surface area contributed by atoms with Crippen molar-refractivity contribution in [2.75, 3.05) is 13.1 Å². The van der Waals surface area contributed by atoms with Crippen molar-refractivity contribution in [1.82, 2.24) is 4.90 Å². The zero-order chi connectivity index (χ0) is 17.5. The van der Waals surface area contributed by atoms with Crippen molar-refractivity contribution in [1.29, 1.82) is 0 Å². The van der Waals surface area contributed by atoms with Crippen LogP contribution in [0.3, 0.4) is 0 Å². The van der Waals surface area contributed by atoms with Crippen LogP contribution in [0.4, 0.5) is 0 Å². The smallest absolute Gasteiger partial charge is 0.336 e. The van der Waals surface area contributed by atoms with Crippen LogP contribution in [0.2, 0.25) is 5.02 Å². The minimum atomic E-state index is -0.957. The van der Waals surface area contributed by atoms with Crippen LogP contribution in [0.15, 0.2) is 57.8 Å². The van der Waals surface area contributed by atoms with E-state index >= 15 is 0 Å². The highest BCUT2D eigenvalue weighted by Gasteiger charge is 2.18. The third-order valence-electron chi connectivity index (χ3n) is 3.51. The summed E-state index contributed by atoms with van der Waals surface area (Å²) < 4.78 is 4.63. The molecule has 0 radical (unpaired) electrons. The SMILES string of the molecule is CCN(CC)/C(=N/Sc1ccc(Cl)cc1)c1ccccc1C(=O)O. The normalized spacial score (nSPS) is 11.4. The second-order valence-electron chi connectivity index (χ2n) is 4.98. The third kappa shape index (κ3) is 4.52. The Kier molecular flexibility index (Phi) is 6.70. The van der Waals surface area contributed by atoms with Crippen molar-refractivity contribution < 1.29 is 9.90 Å². The van der Waals surface area contributed by atoms with Crippen LogP contribution in [-0.2, 0) is 0 Å². The predicted octanol–water partition coefficient (Wildman–Crippen LogP) is 4.83. The minimum absolute atomic E-state index is 0.250. The van der Waals surface area contributed by atoms with Crippen LogP contribution in [0.1, 0.15) is 29.8 Å².